The van der Waals surface area contributed by atoms with Crippen molar-refractivity contribution in [1.29, 1.82) is 0 Å². The van der Waals surface area contributed by atoms with Crippen molar-refractivity contribution in [3.05, 3.63) is 35.8 Å². The molecule has 2 bridgehead atoms. The summed E-state index contributed by atoms with van der Waals surface area (Å²) in [6.45, 7) is 11.4. The minimum Gasteiger partial charge on any atom is -0.472 e. The Kier molecular flexibility index (Phi) is 7.22. The number of carbonyl (C=O) groups excluding carboxylic acids is 5. The Morgan fingerprint density at radius 1 is 1.11 bits per heavy atom. The Morgan fingerprint density at radius 2 is 1.80 bits per heavy atom. The Labute approximate surface area is 267 Å². The molecule has 5 fully saturated rings. The van der Waals surface area contributed by atoms with Gasteiger partial charge in [0, 0.05) is 52.1 Å². The normalized spacial score (nSPS) is 42.8. The Bertz CT molecular complexity index is 1530. The lowest BCUT2D eigenvalue weighted by atomic mass is 9.36. The largest absolute Gasteiger partial charge is 0.472 e. The van der Waals surface area contributed by atoms with Crippen molar-refractivity contribution in [2.75, 3.05) is 7.11 Å². The van der Waals surface area contributed by atoms with E-state index in [0.717, 1.165) is 14.0 Å². The van der Waals surface area contributed by atoms with Crippen LogP contribution in [0.2, 0.25) is 0 Å². The molecule has 3 saturated carbocycles. The number of Topliss-reactive ketones (excluding diaryl/α,β-unsaturated/α-hetero) is 1. The van der Waals surface area contributed by atoms with Crippen molar-refractivity contribution in [2.24, 2.45) is 34.0 Å². The van der Waals surface area contributed by atoms with Gasteiger partial charge in [-0.2, -0.15) is 0 Å². The fraction of sp³-hybridized carbons (Fsp3) is 0.676. The molecule has 1 aromatic heterocycles. The maximum atomic E-state index is 15.0. The molecule has 5 aliphatic rings. The molecule has 1 spiro atoms. The Balaban J connectivity index is 1.58. The van der Waals surface area contributed by atoms with Gasteiger partial charge < -0.3 is 33.2 Å². The molecule has 46 heavy (non-hydrogen) atoms. The molecule has 3 aliphatic carbocycles. The molecule has 0 radical (unpaired) electrons. The highest BCUT2D eigenvalue weighted by Gasteiger charge is 2.91. The van der Waals surface area contributed by atoms with E-state index in [-0.39, 0.29) is 12.0 Å². The maximum absolute atomic E-state index is 15.0. The molecule has 0 aromatic carbocycles. The van der Waals surface area contributed by atoms with Crippen LogP contribution < -0.4 is 0 Å². The SMILES string of the molecule is C/C=C(\C)C(=O)O[C@H]1C(C)(C)[C@H]([C@H](OC(C)=O)C(=O)OC)[C@]2(C)C(=O)[C@@]1(O)[C@H]1O[C@]13[C@@H]1CC(=O)O[C@@H](c4ccoc4)[C@]1(C)CC[C@H]23. The number of hydrogen-bond acceptors (Lipinski definition) is 12. The predicted molar refractivity (Wildman–Crippen MR) is 156 cm³/mol. The van der Waals surface area contributed by atoms with Crippen LogP contribution in [0.4, 0.5) is 0 Å². The number of fused-ring (bicyclic) bond motifs is 5. The van der Waals surface area contributed by atoms with Gasteiger partial charge in [-0.3, -0.25) is 14.4 Å². The monoisotopic (exact) mass is 642 g/mol. The van der Waals surface area contributed by atoms with E-state index in [9.17, 15) is 29.1 Å². The van der Waals surface area contributed by atoms with Crippen LogP contribution in [-0.2, 0) is 47.7 Å². The van der Waals surface area contributed by atoms with Crippen LogP contribution in [0, 0.1) is 34.0 Å². The van der Waals surface area contributed by atoms with Crippen molar-refractivity contribution in [3.8, 4) is 0 Å². The summed E-state index contributed by atoms with van der Waals surface area (Å²) in [5.74, 6) is -5.86. The summed E-state index contributed by atoms with van der Waals surface area (Å²) in [6.07, 6.45) is 0.521. The standard InChI is InChI=1S/C34H42O12/c1-9-16(2)25(37)45-28-30(4,5)23(22(26(38)41-8)43-17(3)35)32(7)19-10-12-31(6)20(34(19)29(46-34)33(28,40)27(32)39)14-21(36)44-24(31)18-11-13-42-15-18/h9,11,13,15,19-20,22-24,28-29,40H,10,12,14H2,1-8H3/b16-9+/t19-,20-,22+,23+,24+,28+,29-,31-,32-,33+,34-/m1/s1. The van der Waals surface area contributed by atoms with Gasteiger partial charge in [-0.25, -0.2) is 9.59 Å². The summed E-state index contributed by atoms with van der Waals surface area (Å²) in [5, 5.41) is 12.8. The molecular weight excluding hydrogens is 600 g/mol. The highest BCUT2D eigenvalue weighted by Crippen LogP contribution is 2.78. The van der Waals surface area contributed by atoms with Gasteiger partial charge in [0.1, 0.15) is 23.9 Å². The zero-order chi connectivity index (χ0) is 33.8. The van der Waals surface area contributed by atoms with Gasteiger partial charge in [-0.05, 0) is 32.8 Å². The summed E-state index contributed by atoms with van der Waals surface area (Å²) in [4.78, 5) is 67.6. The number of furan rings is 1. The number of ether oxygens (including phenoxy) is 5. The Morgan fingerprint density at radius 3 is 2.39 bits per heavy atom. The molecule has 11 atom stereocenters. The molecule has 1 N–H and O–H groups in total. The lowest BCUT2D eigenvalue weighted by molar-refractivity contribution is -0.261. The second-order valence-corrected chi connectivity index (χ2v) is 14.7. The first-order valence-electron chi connectivity index (χ1n) is 15.7. The topological polar surface area (TPSA) is 168 Å². The van der Waals surface area contributed by atoms with E-state index in [1.807, 2.05) is 6.92 Å². The zero-order valence-electron chi connectivity index (χ0n) is 27.4. The second kappa shape index (κ2) is 10.2. The first kappa shape index (κ1) is 32.4. The van der Waals surface area contributed by atoms with Crippen LogP contribution in [0.3, 0.4) is 0 Å². The molecule has 12 heteroatoms. The zero-order valence-corrected chi connectivity index (χ0v) is 27.4. The van der Waals surface area contributed by atoms with Crippen molar-refractivity contribution in [1.82, 2.24) is 0 Å². The van der Waals surface area contributed by atoms with E-state index < -0.39 is 99.3 Å². The Hall–Kier alpha value is -3.51. The van der Waals surface area contributed by atoms with Crippen LogP contribution in [0.15, 0.2) is 34.7 Å². The average molecular weight is 643 g/mol. The highest BCUT2D eigenvalue weighted by atomic mass is 16.6. The lowest BCUT2D eigenvalue weighted by Crippen LogP contribution is -2.81. The minimum absolute atomic E-state index is 0.0429. The van der Waals surface area contributed by atoms with Crippen LogP contribution in [0.1, 0.15) is 79.4 Å². The fourth-order valence-corrected chi connectivity index (χ4v) is 10.2. The predicted octanol–water partition coefficient (Wildman–Crippen LogP) is 3.40. The second-order valence-electron chi connectivity index (χ2n) is 14.7. The summed E-state index contributed by atoms with van der Waals surface area (Å²) in [5.41, 5.74) is -6.29. The van der Waals surface area contributed by atoms with Crippen LogP contribution >= 0.6 is 0 Å². The molecule has 250 valence electrons. The molecule has 3 heterocycles. The minimum atomic E-state index is -2.36. The summed E-state index contributed by atoms with van der Waals surface area (Å²) >= 11 is 0. The lowest BCUT2D eigenvalue weighted by Gasteiger charge is -2.67. The van der Waals surface area contributed by atoms with E-state index in [4.69, 9.17) is 28.1 Å². The number of allylic oxidation sites excluding steroid dienone is 1. The number of epoxide rings is 1. The fourth-order valence-electron chi connectivity index (χ4n) is 10.2. The number of hydrogen-bond donors (Lipinski definition) is 1. The molecular formula is C34H42O12. The van der Waals surface area contributed by atoms with Gasteiger partial charge in [-0.1, -0.05) is 33.8 Å². The molecule has 12 nitrogen and oxygen atoms in total. The molecule has 2 aliphatic heterocycles. The number of rotatable bonds is 6. The van der Waals surface area contributed by atoms with Gasteiger partial charge >= 0.3 is 23.9 Å². The number of aliphatic hydroxyl groups is 1. The quantitative estimate of drug-likeness (QED) is 0.208. The van der Waals surface area contributed by atoms with Crippen LogP contribution in [-0.4, -0.2) is 71.4 Å². The molecule has 2 saturated heterocycles. The average Bonchev–Trinajstić information content (AvgIpc) is 3.49. The first-order valence-corrected chi connectivity index (χ1v) is 15.7. The van der Waals surface area contributed by atoms with Crippen LogP contribution in [0.5, 0.6) is 0 Å². The first-order chi connectivity index (χ1) is 21.5. The molecule has 1 aromatic rings. The van der Waals surface area contributed by atoms with Crippen molar-refractivity contribution in [2.45, 2.75) is 103 Å². The van der Waals surface area contributed by atoms with Gasteiger partial charge in [0.15, 0.2) is 11.4 Å². The number of cyclic esters (lactones) is 1. The smallest absolute Gasteiger partial charge is 0.347 e. The van der Waals surface area contributed by atoms with Gasteiger partial charge in [0.05, 0.1) is 26.1 Å². The third-order valence-corrected chi connectivity index (χ3v) is 12.1. The van der Waals surface area contributed by atoms with Crippen molar-refractivity contribution < 1.29 is 57.2 Å². The van der Waals surface area contributed by atoms with Crippen molar-refractivity contribution >= 4 is 29.7 Å². The van der Waals surface area contributed by atoms with E-state index >= 15 is 0 Å². The van der Waals surface area contributed by atoms with E-state index in [1.54, 1.807) is 46.8 Å². The highest BCUT2D eigenvalue weighted by molar-refractivity contribution is 5.99. The number of esters is 4. The van der Waals surface area contributed by atoms with Crippen LogP contribution in [0.25, 0.3) is 0 Å². The number of ketones is 1. The molecule has 0 amide bonds. The van der Waals surface area contributed by atoms with Crippen molar-refractivity contribution in [3.63, 3.8) is 0 Å². The van der Waals surface area contributed by atoms with Gasteiger partial charge in [-0.15, -0.1) is 0 Å². The number of carbonyl (C=O) groups is 5. The maximum Gasteiger partial charge on any atom is 0.347 e. The summed E-state index contributed by atoms with van der Waals surface area (Å²) in [6, 6.07) is 1.74. The van der Waals surface area contributed by atoms with E-state index in [0.29, 0.717) is 18.4 Å². The third kappa shape index (κ3) is 3.95. The van der Waals surface area contributed by atoms with Gasteiger partial charge in [0.25, 0.3) is 0 Å². The van der Waals surface area contributed by atoms with E-state index in [2.05, 4.69) is 0 Å². The summed E-state index contributed by atoms with van der Waals surface area (Å²) < 4.78 is 34.7. The molecule has 6 rings (SSSR count). The molecule has 0 unspecified atom stereocenters. The third-order valence-electron chi connectivity index (χ3n) is 12.1. The number of methoxy groups -OCH3 is 1. The van der Waals surface area contributed by atoms with E-state index in [1.165, 1.54) is 12.5 Å². The summed E-state index contributed by atoms with van der Waals surface area (Å²) in [7, 11) is 1.15. The van der Waals surface area contributed by atoms with Gasteiger partial charge in [0.2, 0.25) is 6.10 Å².